The first kappa shape index (κ1) is 17.7. The largest absolute Gasteiger partial charge is 0.310 e. The molecule has 3 heterocycles. The van der Waals surface area contributed by atoms with Crippen molar-refractivity contribution >= 4 is 22.5 Å². The number of carbonyl (C=O) groups excluding carboxylic acids is 1. The Morgan fingerprint density at radius 1 is 1.07 bits per heavy atom. The van der Waals surface area contributed by atoms with Crippen molar-refractivity contribution in [3.05, 3.63) is 42.9 Å². The van der Waals surface area contributed by atoms with Gasteiger partial charge in [0, 0.05) is 36.3 Å². The monoisotopic (exact) mass is 363 g/mol. The smallest absolute Gasteiger partial charge is 0.228 e. The van der Waals surface area contributed by atoms with Crippen molar-refractivity contribution < 1.29 is 4.79 Å². The molecule has 1 saturated heterocycles. The van der Waals surface area contributed by atoms with Gasteiger partial charge in [-0.2, -0.15) is 5.10 Å². The number of aromatic nitrogens is 3. The normalized spacial score (nSPS) is 18.4. The van der Waals surface area contributed by atoms with E-state index in [1.165, 1.54) is 0 Å². The number of likely N-dealkylation sites (tertiary alicyclic amines) is 1. The maximum atomic E-state index is 12.7. The van der Waals surface area contributed by atoms with Gasteiger partial charge in [0.15, 0.2) is 0 Å². The number of pyridine rings is 1. The average Bonchev–Trinajstić information content (AvgIpc) is 2.98. The molecule has 1 amide bonds. The molecule has 140 valence electrons. The molecule has 1 aromatic carbocycles. The van der Waals surface area contributed by atoms with Crippen LogP contribution in [0.4, 0.5) is 5.82 Å². The van der Waals surface area contributed by atoms with Gasteiger partial charge in [0.05, 0.1) is 6.20 Å². The van der Waals surface area contributed by atoms with Gasteiger partial charge >= 0.3 is 0 Å². The SMILES string of the molecule is CN1CCCC(C(=O)Nc2cc3cc(-c4cnn(C)c4)ccc3cn2)CC1. The average molecular weight is 363 g/mol. The zero-order chi connectivity index (χ0) is 18.8. The Kier molecular flexibility index (Phi) is 4.90. The van der Waals surface area contributed by atoms with Gasteiger partial charge in [0.2, 0.25) is 5.91 Å². The first-order chi connectivity index (χ1) is 13.1. The molecule has 0 bridgehead atoms. The van der Waals surface area contributed by atoms with E-state index in [4.69, 9.17) is 0 Å². The van der Waals surface area contributed by atoms with E-state index in [1.54, 1.807) is 4.68 Å². The summed E-state index contributed by atoms with van der Waals surface area (Å²) < 4.78 is 1.79. The van der Waals surface area contributed by atoms with Crippen LogP contribution in [-0.2, 0) is 11.8 Å². The molecule has 0 saturated carbocycles. The van der Waals surface area contributed by atoms with Crippen LogP contribution in [0, 0.1) is 5.92 Å². The lowest BCUT2D eigenvalue weighted by molar-refractivity contribution is -0.120. The molecule has 1 atom stereocenters. The van der Waals surface area contributed by atoms with Crippen molar-refractivity contribution in [3.63, 3.8) is 0 Å². The van der Waals surface area contributed by atoms with Crippen LogP contribution in [0.2, 0.25) is 0 Å². The molecule has 3 aromatic rings. The molecule has 4 rings (SSSR count). The standard InChI is InChI=1S/C21H25N5O/c1-25-8-3-4-15(7-9-25)21(27)24-20-11-18-10-16(5-6-17(18)12-22-20)19-13-23-26(2)14-19/h5-6,10-15H,3-4,7-9H2,1-2H3,(H,22,24,27). The number of benzene rings is 1. The molecule has 1 aliphatic heterocycles. The first-order valence-electron chi connectivity index (χ1n) is 9.47. The van der Waals surface area contributed by atoms with Gasteiger partial charge in [-0.1, -0.05) is 12.1 Å². The second kappa shape index (κ2) is 7.48. The Morgan fingerprint density at radius 3 is 2.78 bits per heavy atom. The van der Waals surface area contributed by atoms with Crippen molar-refractivity contribution in [1.82, 2.24) is 19.7 Å². The third-order valence-electron chi connectivity index (χ3n) is 5.33. The fourth-order valence-electron chi connectivity index (χ4n) is 3.69. The predicted molar refractivity (Wildman–Crippen MR) is 107 cm³/mol. The second-order valence-electron chi connectivity index (χ2n) is 7.45. The number of aryl methyl sites for hydroxylation is 1. The molecule has 0 spiro atoms. The van der Waals surface area contributed by atoms with E-state index in [0.717, 1.165) is 54.3 Å². The van der Waals surface area contributed by atoms with E-state index in [9.17, 15) is 4.79 Å². The quantitative estimate of drug-likeness (QED) is 0.775. The molecule has 1 aliphatic rings. The van der Waals surface area contributed by atoms with Crippen LogP contribution in [0.3, 0.4) is 0 Å². The first-order valence-corrected chi connectivity index (χ1v) is 9.47. The molecule has 1 N–H and O–H groups in total. The van der Waals surface area contributed by atoms with Crippen molar-refractivity contribution in [2.45, 2.75) is 19.3 Å². The summed E-state index contributed by atoms with van der Waals surface area (Å²) in [5.41, 5.74) is 2.18. The number of nitrogens with one attached hydrogen (secondary N) is 1. The van der Waals surface area contributed by atoms with E-state index in [2.05, 4.69) is 45.5 Å². The second-order valence-corrected chi connectivity index (χ2v) is 7.45. The summed E-state index contributed by atoms with van der Waals surface area (Å²) in [5.74, 6) is 0.767. The number of amides is 1. The van der Waals surface area contributed by atoms with E-state index >= 15 is 0 Å². The summed E-state index contributed by atoms with van der Waals surface area (Å²) in [7, 11) is 4.03. The summed E-state index contributed by atoms with van der Waals surface area (Å²) in [5, 5.41) is 9.37. The van der Waals surface area contributed by atoms with Gasteiger partial charge in [-0.15, -0.1) is 0 Å². The zero-order valence-corrected chi connectivity index (χ0v) is 15.9. The summed E-state index contributed by atoms with van der Waals surface area (Å²) in [4.78, 5) is 19.4. The fraction of sp³-hybridized carbons (Fsp3) is 0.381. The maximum Gasteiger partial charge on any atom is 0.228 e. The number of rotatable bonds is 3. The lowest BCUT2D eigenvalue weighted by atomic mass is 10.00. The Morgan fingerprint density at radius 2 is 1.96 bits per heavy atom. The Hall–Kier alpha value is -2.73. The summed E-state index contributed by atoms with van der Waals surface area (Å²) in [6, 6.07) is 8.19. The molecule has 6 nitrogen and oxygen atoms in total. The summed E-state index contributed by atoms with van der Waals surface area (Å²) in [6.45, 7) is 2.03. The number of fused-ring (bicyclic) bond motifs is 1. The van der Waals surface area contributed by atoms with Gasteiger partial charge in [0.1, 0.15) is 5.82 Å². The van der Waals surface area contributed by atoms with Gasteiger partial charge in [-0.25, -0.2) is 4.98 Å². The zero-order valence-electron chi connectivity index (χ0n) is 15.9. The minimum Gasteiger partial charge on any atom is -0.310 e. The molecule has 0 radical (unpaired) electrons. The Labute approximate surface area is 159 Å². The van der Waals surface area contributed by atoms with Crippen LogP contribution in [0.25, 0.3) is 21.9 Å². The molecule has 2 aromatic heterocycles. The molecule has 0 aliphatic carbocycles. The van der Waals surface area contributed by atoms with Crippen LogP contribution >= 0.6 is 0 Å². The van der Waals surface area contributed by atoms with Crippen LogP contribution in [-0.4, -0.2) is 45.7 Å². The highest BCUT2D eigenvalue weighted by Crippen LogP contribution is 2.26. The minimum absolute atomic E-state index is 0.0641. The van der Waals surface area contributed by atoms with Crippen LogP contribution in [0.1, 0.15) is 19.3 Å². The van der Waals surface area contributed by atoms with Gasteiger partial charge < -0.3 is 10.2 Å². The molecule has 6 heteroatoms. The highest BCUT2D eigenvalue weighted by atomic mass is 16.1. The van der Waals surface area contributed by atoms with Gasteiger partial charge in [-0.05, 0) is 62.5 Å². The lowest BCUT2D eigenvalue weighted by Gasteiger charge is -2.15. The summed E-state index contributed by atoms with van der Waals surface area (Å²) in [6.07, 6.45) is 8.57. The molecular weight excluding hydrogens is 338 g/mol. The number of hydrogen-bond acceptors (Lipinski definition) is 4. The predicted octanol–water partition coefficient (Wildman–Crippen LogP) is 3.31. The Balaban J connectivity index is 1.54. The molecular formula is C21H25N5O. The third kappa shape index (κ3) is 4.01. The number of carbonyl (C=O) groups is 1. The molecule has 1 fully saturated rings. The molecule has 27 heavy (non-hydrogen) atoms. The van der Waals surface area contributed by atoms with E-state index < -0.39 is 0 Å². The van der Waals surface area contributed by atoms with Crippen molar-refractivity contribution in [1.29, 1.82) is 0 Å². The van der Waals surface area contributed by atoms with Crippen molar-refractivity contribution in [2.75, 3.05) is 25.5 Å². The van der Waals surface area contributed by atoms with Crippen LogP contribution in [0.5, 0.6) is 0 Å². The number of hydrogen-bond donors (Lipinski definition) is 1. The van der Waals surface area contributed by atoms with E-state index in [-0.39, 0.29) is 11.8 Å². The minimum atomic E-state index is 0.0641. The van der Waals surface area contributed by atoms with Crippen LogP contribution in [0.15, 0.2) is 42.9 Å². The summed E-state index contributed by atoms with van der Waals surface area (Å²) >= 11 is 0. The van der Waals surface area contributed by atoms with Crippen LogP contribution < -0.4 is 5.32 Å². The third-order valence-corrected chi connectivity index (χ3v) is 5.33. The molecule has 1 unspecified atom stereocenters. The van der Waals surface area contributed by atoms with Crippen molar-refractivity contribution in [3.8, 4) is 11.1 Å². The van der Waals surface area contributed by atoms with Crippen molar-refractivity contribution in [2.24, 2.45) is 13.0 Å². The van der Waals surface area contributed by atoms with Gasteiger partial charge in [-0.3, -0.25) is 9.48 Å². The maximum absolute atomic E-state index is 12.7. The van der Waals surface area contributed by atoms with E-state index in [1.807, 2.05) is 31.7 Å². The van der Waals surface area contributed by atoms with Gasteiger partial charge in [0.25, 0.3) is 0 Å². The lowest BCUT2D eigenvalue weighted by Crippen LogP contribution is -2.25. The topological polar surface area (TPSA) is 63.1 Å². The Bertz CT molecular complexity index is 964. The fourth-order valence-corrected chi connectivity index (χ4v) is 3.69. The van der Waals surface area contributed by atoms with E-state index in [0.29, 0.717) is 5.82 Å². The highest BCUT2D eigenvalue weighted by molar-refractivity contribution is 5.95. The highest BCUT2D eigenvalue weighted by Gasteiger charge is 2.22. The number of anilines is 1. The number of nitrogens with zero attached hydrogens (tertiary/aromatic N) is 4.